The van der Waals surface area contributed by atoms with Gasteiger partial charge in [0.05, 0.1) is 12.2 Å². The molecule has 0 N–H and O–H groups in total. The van der Waals surface area contributed by atoms with Gasteiger partial charge in [-0.25, -0.2) is 22.0 Å². The Morgan fingerprint density at radius 1 is 0.706 bits per heavy atom. The molecule has 0 saturated heterocycles. The van der Waals surface area contributed by atoms with Crippen LogP contribution in [-0.4, -0.2) is 6.61 Å². The lowest BCUT2D eigenvalue weighted by Crippen LogP contribution is -1.99. The molecule has 176 valence electrons. The van der Waals surface area contributed by atoms with Gasteiger partial charge < -0.3 is 4.74 Å². The van der Waals surface area contributed by atoms with Crippen molar-refractivity contribution >= 4 is 10.8 Å². The summed E-state index contributed by atoms with van der Waals surface area (Å²) in [6, 6.07) is 13.7. The molecule has 0 radical (unpaired) electrons. The predicted molar refractivity (Wildman–Crippen MR) is 123 cm³/mol. The molecule has 0 amide bonds. The van der Waals surface area contributed by atoms with Crippen LogP contribution in [0, 0.1) is 29.1 Å². The van der Waals surface area contributed by atoms with Crippen LogP contribution >= 0.6 is 0 Å². The number of fused-ring (bicyclic) bond motifs is 1. The summed E-state index contributed by atoms with van der Waals surface area (Å²) >= 11 is 0. The van der Waals surface area contributed by atoms with Crippen LogP contribution < -0.4 is 4.74 Å². The third-order valence-corrected chi connectivity index (χ3v) is 5.77. The number of aryl methyl sites for hydroxylation is 2. The van der Waals surface area contributed by atoms with E-state index in [1.54, 1.807) is 12.1 Å². The average molecular weight is 470 g/mol. The SMILES string of the molecule is CCCCOc1cc(F)c(-c2ccc3c(F)c(CCc4ccc(F)c(F)c4)ccc3c2)c(F)c1. The summed E-state index contributed by atoms with van der Waals surface area (Å²) < 4.78 is 76.5. The van der Waals surface area contributed by atoms with Crippen molar-refractivity contribution in [3.8, 4) is 16.9 Å². The van der Waals surface area contributed by atoms with Crippen molar-refractivity contribution in [3.63, 3.8) is 0 Å². The van der Waals surface area contributed by atoms with Gasteiger partial charge >= 0.3 is 0 Å². The second-order valence-electron chi connectivity index (χ2n) is 8.19. The Labute approximate surface area is 194 Å². The Kier molecular flexibility index (Phi) is 7.15. The molecule has 4 aromatic carbocycles. The first kappa shape index (κ1) is 23.7. The molecule has 0 atom stereocenters. The van der Waals surface area contributed by atoms with E-state index in [4.69, 9.17) is 4.74 Å². The number of hydrogen-bond donors (Lipinski definition) is 0. The van der Waals surface area contributed by atoms with Gasteiger partial charge in [0.25, 0.3) is 0 Å². The molecule has 0 aliphatic carbocycles. The Hall–Kier alpha value is -3.41. The maximum Gasteiger partial charge on any atom is 0.159 e. The molecule has 0 saturated carbocycles. The second kappa shape index (κ2) is 10.2. The summed E-state index contributed by atoms with van der Waals surface area (Å²) in [5, 5.41) is 0.806. The summed E-state index contributed by atoms with van der Waals surface area (Å²) in [6.45, 7) is 2.37. The third-order valence-electron chi connectivity index (χ3n) is 5.77. The minimum atomic E-state index is -0.941. The van der Waals surface area contributed by atoms with Crippen LogP contribution in [0.3, 0.4) is 0 Å². The highest BCUT2D eigenvalue weighted by Crippen LogP contribution is 2.33. The summed E-state index contributed by atoms with van der Waals surface area (Å²) in [4.78, 5) is 0. The van der Waals surface area contributed by atoms with E-state index in [0.29, 0.717) is 34.9 Å². The zero-order chi connectivity index (χ0) is 24.2. The van der Waals surface area contributed by atoms with E-state index in [-0.39, 0.29) is 23.3 Å². The summed E-state index contributed by atoms with van der Waals surface area (Å²) in [5.41, 5.74) is 1.06. The predicted octanol–water partition coefficient (Wildman–Crippen LogP) is 8.17. The van der Waals surface area contributed by atoms with Crippen LogP contribution in [0.15, 0.2) is 60.7 Å². The molecular weight excluding hydrogens is 447 g/mol. The number of hydrogen-bond acceptors (Lipinski definition) is 1. The van der Waals surface area contributed by atoms with Crippen LogP contribution in [0.5, 0.6) is 5.75 Å². The number of ether oxygens (including phenoxy) is 1. The van der Waals surface area contributed by atoms with Gasteiger partial charge in [-0.15, -0.1) is 0 Å². The van der Waals surface area contributed by atoms with Crippen LogP contribution in [-0.2, 0) is 12.8 Å². The molecule has 6 heteroatoms. The lowest BCUT2D eigenvalue weighted by molar-refractivity contribution is 0.306. The first-order valence-electron chi connectivity index (χ1n) is 11.1. The Balaban J connectivity index is 1.58. The van der Waals surface area contributed by atoms with E-state index < -0.39 is 29.1 Å². The van der Waals surface area contributed by atoms with Gasteiger partial charge in [-0.2, -0.15) is 0 Å². The lowest BCUT2D eigenvalue weighted by Gasteiger charge is -2.12. The normalized spacial score (nSPS) is 11.2. The minimum Gasteiger partial charge on any atom is -0.493 e. The molecule has 0 fully saturated rings. The van der Waals surface area contributed by atoms with Crippen LogP contribution in [0.4, 0.5) is 22.0 Å². The van der Waals surface area contributed by atoms with Crippen molar-refractivity contribution in [2.75, 3.05) is 6.61 Å². The lowest BCUT2D eigenvalue weighted by atomic mass is 9.96. The van der Waals surface area contributed by atoms with Crippen molar-refractivity contribution in [2.45, 2.75) is 32.6 Å². The molecule has 4 rings (SSSR count). The highest BCUT2D eigenvalue weighted by atomic mass is 19.2. The first-order chi connectivity index (χ1) is 16.4. The van der Waals surface area contributed by atoms with E-state index >= 15 is 4.39 Å². The zero-order valence-corrected chi connectivity index (χ0v) is 18.6. The molecule has 0 spiro atoms. The van der Waals surface area contributed by atoms with Gasteiger partial charge in [0.15, 0.2) is 11.6 Å². The zero-order valence-electron chi connectivity index (χ0n) is 18.6. The fraction of sp³-hybridized carbons (Fsp3) is 0.214. The van der Waals surface area contributed by atoms with Gasteiger partial charge in [-0.05, 0) is 59.5 Å². The largest absolute Gasteiger partial charge is 0.493 e. The molecule has 0 bridgehead atoms. The van der Waals surface area contributed by atoms with E-state index in [0.717, 1.165) is 37.1 Å². The monoisotopic (exact) mass is 470 g/mol. The van der Waals surface area contributed by atoms with Crippen LogP contribution in [0.2, 0.25) is 0 Å². The number of rotatable bonds is 8. The fourth-order valence-electron chi connectivity index (χ4n) is 3.90. The van der Waals surface area contributed by atoms with Gasteiger partial charge in [0.2, 0.25) is 0 Å². The van der Waals surface area contributed by atoms with Crippen LogP contribution in [0.25, 0.3) is 21.9 Å². The highest BCUT2D eigenvalue weighted by molar-refractivity contribution is 5.88. The molecule has 4 aromatic rings. The molecule has 0 unspecified atom stereocenters. The quantitative estimate of drug-likeness (QED) is 0.186. The number of unbranched alkanes of at least 4 members (excludes halogenated alkanes) is 1. The Morgan fingerprint density at radius 3 is 2.18 bits per heavy atom. The van der Waals surface area contributed by atoms with Crippen molar-refractivity contribution in [3.05, 3.63) is 101 Å². The maximum atomic E-state index is 15.1. The smallest absolute Gasteiger partial charge is 0.159 e. The van der Waals surface area contributed by atoms with Crippen molar-refractivity contribution < 1.29 is 26.7 Å². The van der Waals surface area contributed by atoms with Gasteiger partial charge in [0.1, 0.15) is 23.2 Å². The van der Waals surface area contributed by atoms with Crippen molar-refractivity contribution in [1.29, 1.82) is 0 Å². The molecular formula is C28H23F5O. The van der Waals surface area contributed by atoms with Gasteiger partial charge in [-0.3, -0.25) is 0 Å². The van der Waals surface area contributed by atoms with Crippen molar-refractivity contribution in [2.24, 2.45) is 0 Å². The maximum absolute atomic E-state index is 15.1. The number of benzene rings is 4. The van der Waals surface area contributed by atoms with Gasteiger partial charge in [-0.1, -0.05) is 43.7 Å². The Bertz CT molecular complexity index is 1310. The molecule has 0 aliphatic heterocycles. The third kappa shape index (κ3) is 5.06. The standard InChI is InChI=1S/C28H23F5O/c1-2-3-12-34-21-15-25(31)27(26(32)16-21)20-9-10-22-19(14-20)8-7-18(28(22)33)6-4-17-5-11-23(29)24(30)13-17/h5,7-11,13-16H,2-4,6,12H2,1H3. The summed E-state index contributed by atoms with van der Waals surface area (Å²) in [7, 11) is 0. The van der Waals surface area contributed by atoms with E-state index in [1.807, 2.05) is 6.92 Å². The number of halogens is 5. The van der Waals surface area contributed by atoms with Gasteiger partial charge in [0, 0.05) is 17.5 Å². The van der Waals surface area contributed by atoms with E-state index in [9.17, 15) is 17.6 Å². The average Bonchev–Trinajstić information content (AvgIpc) is 2.80. The molecule has 34 heavy (non-hydrogen) atoms. The van der Waals surface area contributed by atoms with E-state index in [1.165, 1.54) is 24.3 Å². The summed E-state index contributed by atoms with van der Waals surface area (Å²) in [5.74, 6) is -3.70. The van der Waals surface area contributed by atoms with E-state index in [2.05, 4.69) is 0 Å². The molecule has 0 heterocycles. The van der Waals surface area contributed by atoms with Crippen LogP contribution in [0.1, 0.15) is 30.9 Å². The fourth-order valence-corrected chi connectivity index (χ4v) is 3.90. The minimum absolute atomic E-state index is 0.129. The second-order valence-corrected chi connectivity index (χ2v) is 8.19. The summed E-state index contributed by atoms with van der Waals surface area (Å²) in [6.07, 6.45) is 2.31. The highest BCUT2D eigenvalue weighted by Gasteiger charge is 2.16. The Morgan fingerprint density at radius 2 is 1.47 bits per heavy atom. The first-order valence-corrected chi connectivity index (χ1v) is 11.1. The topological polar surface area (TPSA) is 9.23 Å². The molecule has 0 aromatic heterocycles. The van der Waals surface area contributed by atoms with Crippen molar-refractivity contribution in [1.82, 2.24) is 0 Å². The molecule has 1 nitrogen and oxygen atoms in total. The molecule has 0 aliphatic rings.